The molecular formula is C59H95NO27. The van der Waals surface area contributed by atoms with Gasteiger partial charge in [0, 0.05) is 18.3 Å². The van der Waals surface area contributed by atoms with Crippen LogP contribution in [0.4, 0.5) is 0 Å². The molecule has 5 aliphatic carbocycles. The molecule has 28 nitrogen and oxygen atoms in total. The second-order valence-corrected chi connectivity index (χ2v) is 28.8. The van der Waals surface area contributed by atoms with E-state index in [1.165, 1.54) is 6.92 Å². The Kier molecular flexibility index (Phi) is 19.1. The molecule has 0 radical (unpaired) electrons. The molecule has 0 spiro atoms. The zero-order valence-corrected chi connectivity index (χ0v) is 50.6. The van der Waals surface area contributed by atoms with Crippen LogP contribution in [0.3, 0.4) is 0 Å². The molecule has 10 aliphatic rings. The van der Waals surface area contributed by atoms with Gasteiger partial charge in [-0.3, -0.25) is 9.59 Å². The van der Waals surface area contributed by atoms with E-state index in [2.05, 4.69) is 39.1 Å². The Morgan fingerprint density at radius 2 is 1.26 bits per heavy atom. The van der Waals surface area contributed by atoms with Crippen LogP contribution in [0.2, 0.25) is 0 Å². The maximum absolute atomic E-state index is 15.4. The lowest BCUT2D eigenvalue weighted by Gasteiger charge is -2.73. The lowest BCUT2D eigenvalue weighted by Crippen LogP contribution is -2.74. The van der Waals surface area contributed by atoms with Gasteiger partial charge in [0.15, 0.2) is 31.3 Å². The minimum atomic E-state index is -2.12. The molecule has 31 atom stereocenters. The Balaban J connectivity index is 0.931. The summed E-state index contributed by atoms with van der Waals surface area (Å²) in [6, 6.07) is -1.38. The van der Waals surface area contributed by atoms with Gasteiger partial charge in [0.25, 0.3) is 0 Å². The van der Waals surface area contributed by atoms with Gasteiger partial charge in [-0.05, 0) is 84.9 Å². The van der Waals surface area contributed by atoms with Crippen LogP contribution >= 0.6 is 0 Å². The summed E-state index contributed by atoms with van der Waals surface area (Å²) in [5.74, 6) is -2.76. The highest BCUT2D eigenvalue weighted by atomic mass is 16.8. The van der Waals surface area contributed by atoms with Crippen molar-refractivity contribution in [3.63, 3.8) is 0 Å². The van der Waals surface area contributed by atoms with Crippen molar-refractivity contribution in [3.8, 4) is 0 Å². The average Bonchev–Trinajstić information content (AvgIpc) is 1.30. The van der Waals surface area contributed by atoms with Gasteiger partial charge >= 0.3 is 5.97 Å². The SMILES string of the molecule is CC(=O)NC1C(OC2CCC3(C)C(C(O)C(O)C4(C)C3CC=C3C5CC(C)(C)CCC5(C(=O)OC5OC(CO)C(O)C(O)C5OC5OCC(O)(CO)C5O)CCC34C)C2(C)C)OC(COC2OCC(O)C(O)C2O)C(O)C1OC1OCC(O)C(O)C1O. The molecular weight excluding hydrogens is 1150 g/mol. The minimum Gasteiger partial charge on any atom is -0.432 e. The number of carbonyl (C=O) groups is 2. The van der Waals surface area contributed by atoms with Crippen molar-refractivity contribution in [3.05, 3.63) is 11.6 Å². The van der Waals surface area contributed by atoms with E-state index in [1.807, 2.05) is 20.8 Å². The molecule has 10 rings (SSSR count). The molecule has 0 aromatic rings. The van der Waals surface area contributed by atoms with Crippen LogP contribution in [0, 0.1) is 50.2 Å². The second-order valence-electron chi connectivity index (χ2n) is 28.8. The van der Waals surface area contributed by atoms with Gasteiger partial charge < -0.3 is 129 Å². The van der Waals surface area contributed by atoms with E-state index in [-0.39, 0.29) is 17.8 Å². The summed E-state index contributed by atoms with van der Waals surface area (Å²) in [5, 5.41) is 168. The van der Waals surface area contributed by atoms with E-state index >= 15 is 4.79 Å². The summed E-state index contributed by atoms with van der Waals surface area (Å²) in [6.07, 6.45) is -29.2. The molecule has 16 N–H and O–H groups in total. The van der Waals surface area contributed by atoms with Crippen LogP contribution in [0.15, 0.2) is 11.6 Å². The van der Waals surface area contributed by atoms with Crippen molar-refractivity contribution >= 4 is 11.9 Å². The average molecular weight is 1250 g/mol. The summed E-state index contributed by atoms with van der Waals surface area (Å²) in [6.45, 7) is 11.9. The van der Waals surface area contributed by atoms with Gasteiger partial charge in [-0.2, -0.15) is 0 Å². The van der Waals surface area contributed by atoms with Gasteiger partial charge in [-0.25, -0.2) is 0 Å². The zero-order valence-electron chi connectivity index (χ0n) is 50.6. The summed E-state index contributed by atoms with van der Waals surface area (Å²) < 4.78 is 60.1. The molecule has 9 fully saturated rings. The first kappa shape index (κ1) is 67.6. The fourth-order valence-corrected chi connectivity index (χ4v) is 17.6. The van der Waals surface area contributed by atoms with Gasteiger partial charge in [0.2, 0.25) is 12.2 Å². The highest BCUT2D eigenvalue weighted by Crippen LogP contribution is 2.76. The summed E-state index contributed by atoms with van der Waals surface area (Å²) in [7, 11) is 0. The fourth-order valence-electron chi connectivity index (χ4n) is 17.6. The number of allylic oxidation sites excluding steroid dienone is 2. The molecule has 0 aromatic heterocycles. The molecule has 87 heavy (non-hydrogen) atoms. The lowest BCUT2D eigenvalue weighted by molar-refractivity contribution is -0.353. The third-order valence-corrected chi connectivity index (χ3v) is 22.9. The Morgan fingerprint density at radius 1 is 0.644 bits per heavy atom. The molecule has 31 unspecified atom stereocenters. The van der Waals surface area contributed by atoms with Gasteiger partial charge in [-0.15, -0.1) is 0 Å². The number of carbonyl (C=O) groups excluding carboxylic acids is 2. The third-order valence-electron chi connectivity index (χ3n) is 22.9. The number of amides is 1. The van der Waals surface area contributed by atoms with E-state index < -0.39 is 237 Å². The first-order valence-electron chi connectivity index (χ1n) is 30.7. The maximum Gasteiger partial charge on any atom is 0.315 e. The van der Waals surface area contributed by atoms with E-state index in [0.717, 1.165) is 5.57 Å². The van der Waals surface area contributed by atoms with Gasteiger partial charge in [-0.1, -0.05) is 60.1 Å². The largest absolute Gasteiger partial charge is 0.432 e. The number of nitrogens with one attached hydrogen (secondary N) is 1. The zero-order chi connectivity index (χ0) is 63.6. The van der Waals surface area contributed by atoms with Gasteiger partial charge in [0.1, 0.15) is 91.0 Å². The smallest absolute Gasteiger partial charge is 0.315 e. The molecule has 1 amide bonds. The molecule has 5 heterocycles. The van der Waals surface area contributed by atoms with Crippen LogP contribution in [0.5, 0.6) is 0 Å². The number of ether oxygens (including phenoxy) is 10. The molecule has 5 aliphatic heterocycles. The summed E-state index contributed by atoms with van der Waals surface area (Å²) in [5.41, 5.74) is -6.30. The Bertz CT molecular complexity index is 2490. The fraction of sp³-hybridized carbons (Fsp3) is 0.932. The first-order chi connectivity index (χ1) is 40.7. The van der Waals surface area contributed by atoms with Crippen LogP contribution in [0.25, 0.3) is 0 Å². The van der Waals surface area contributed by atoms with E-state index in [1.54, 1.807) is 0 Å². The predicted molar refractivity (Wildman–Crippen MR) is 292 cm³/mol. The van der Waals surface area contributed by atoms with Crippen LogP contribution in [-0.2, 0) is 57.0 Å². The van der Waals surface area contributed by atoms with Crippen LogP contribution in [0.1, 0.15) is 107 Å². The quantitative estimate of drug-likeness (QED) is 0.0445. The Labute approximate surface area is 504 Å². The number of hydrogen-bond donors (Lipinski definition) is 16. The number of aliphatic hydroxyl groups excluding tert-OH is 14. The van der Waals surface area contributed by atoms with E-state index in [4.69, 9.17) is 47.4 Å². The van der Waals surface area contributed by atoms with Crippen molar-refractivity contribution in [2.24, 2.45) is 50.2 Å². The predicted octanol–water partition coefficient (Wildman–Crippen LogP) is -4.21. The van der Waals surface area contributed by atoms with Crippen molar-refractivity contribution < 1.29 is 134 Å². The number of aliphatic hydroxyl groups is 15. The highest BCUT2D eigenvalue weighted by molar-refractivity contribution is 5.79. The minimum absolute atomic E-state index is 0.254. The Morgan fingerprint density at radius 3 is 1.90 bits per heavy atom. The standard InChI is InChI=1S/C59H95NO27/c1-24(63)60-33-42(85-49-40(72)35(67)28(65)20-79-49)37(69)30(21-80-48-39(71)34(66)27(64)19-78-48)83-47(33)84-32-11-12-55(6)31-10-9-25-26-17-53(2,3)13-15-58(26,16-14-56(25,7)57(31,8)45(74)41(73)44(55)54(32,4)5)52(76)87-50-43(38(70)36(68)29(18-61)82-50)86-51-46(75)59(77,22-62)23-81-51/h9,26-51,61-62,64-75,77H,10-23H2,1-8H3,(H,60,63). The Hall–Kier alpha value is -2.28. The van der Waals surface area contributed by atoms with Crippen molar-refractivity contribution in [2.45, 2.75) is 254 Å². The number of rotatable bonds is 14. The second kappa shape index (κ2) is 24.6. The monoisotopic (exact) mass is 1250 g/mol. The molecule has 0 aromatic carbocycles. The van der Waals surface area contributed by atoms with Crippen LogP contribution < -0.4 is 5.32 Å². The summed E-state index contributed by atoms with van der Waals surface area (Å²) in [4.78, 5) is 28.5. The van der Waals surface area contributed by atoms with Crippen molar-refractivity contribution in [1.82, 2.24) is 5.32 Å². The first-order valence-corrected chi connectivity index (χ1v) is 30.7. The maximum atomic E-state index is 15.4. The molecule has 0 bridgehead atoms. The van der Waals surface area contributed by atoms with Crippen LogP contribution in [-0.4, -0.2) is 275 Å². The van der Waals surface area contributed by atoms with Gasteiger partial charge in [0.05, 0.1) is 63.4 Å². The molecule has 5 saturated heterocycles. The van der Waals surface area contributed by atoms with Crippen molar-refractivity contribution in [1.29, 1.82) is 0 Å². The normalized spacial score (nSPS) is 52.9. The van der Waals surface area contributed by atoms with E-state index in [0.29, 0.717) is 44.9 Å². The molecule has 4 saturated carbocycles. The molecule has 28 heteroatoms. The highest BCUT2D eigenvalue weighted by Gasteiger charge is 2.75. The van der Waals surface area contributed by atoms with Crippen molar-refractivity contribution in [2.75, 3.05) is 39.6 Å². The molecule has 498 valence electrons. The third kappa shape index (κ3) is 11.3. The summed E-state index contributed by atoms with van der Waals surface area (Å²) >= 11 is 0. The topological polar surface area (TPSA) is 442 Å². The van der Waals surface area contributed by atoms with E-state index in [9.17, 15) is 81.4 Å². The number of fused-ring (bicyclic) bond motifs is 7. The lowest BCUT2D eigenvalue weighted by atomic mass is 9.32. The number of hydrogen-bond acceptors (Lipinski definition) is 27. The number of esters is 1.